The predicted octanol–water partition coefficient (Wildman–Crippen LogP) is 3.28. The second-order valence-corrected chi connectivity index (χ2v) is 9.11. The van der Waals surface area contributed by atoms with Crippen molar-refractivity contribution in [1.29, 1.82) is 0 Å². The summed E-state index contributed by atoms with van der Waals surface area (Å²) in [5, 5.41) is 0. The van der Waals surface area contributed by atoms with Crippen LogP contribution in [0, 0.1) is 5.82 Å². The number of carbonyl (C=O) groups excluding carboxylic acids is 1. The fourth-order valence-corrected chi connectivity index (χ4v) is 4.59. The largest absolute Gasteiger partial charge is 0.496 e. The monoisotopic (exact) mass is 420 g/mol. The van der Waals surface area contributed by atoms with E-state index in [0.717, 1.165) is 23.6 Å². The van der Waals surface area contributed by atoms with Gasteiger partial charge >= 0.3 is 0 Å². The second-order valence-electron chi connectivity index (χ2n) is 7.07. The first-order valence-corrected chi connectivity index (χ1v) is 11.0. The lowest BCUT2D eigenvalue weighted by Crippen LogP contribution is -2.36. The van der Waals surface area contributed by atoms with Crippen molar-refractivity contribution in [3.8, 4) is 5.75 Å². The van der Waals surface area contributed by atoms with Crippen molar-refractivity contribution in [3.63, 3.8) is 0 Å². The molecule has 2 aromatic carbocycles. The zero-order valence-corrected chi connectivity index (χ0v) is 17.4. The number of ether oxygens (including phenoxy) is 1. The summed E-state index contributed by atoms with van der Waals surface area (Å²) in [6, 6.07) is 10.3. The minimum absolute atomic E-state index is 0.0301. The van der Waals surface area contributed by atoms with Gasteiger partial charge in [-0.1, -0.05) is 18.2 Å². The Bertz CT molecular complexity index is 988. The standard InChI is InChI=1S/C21H25FN2O4S/c1-23(15-16-8-4-5-9-19(16)22)29(26,27)17-10-11-20(28-2)18(14-17)21(25)24-12-6-3-7-13-24/h4-5,8-11,14H,3,6-7,12-13,15H2,1-2H3. The third-order valence-electron chi connectivity index (χ3n) is 5.10. The molecule has 0 saturated carbocycles. The van der Waals surface area contributed by atoms with Crippen molar-refractivity contribution in [3.05, 3.63) is 59.4 Å². The van der Waals surface area contributed by atoms with Crippen molar-refractivity contribution < 1.29 is 22.3 Å². The van der Waals surface area contributed by atoms with Gasteiger partial charge in [0.1, 0.15) is 11.6 Å². The molecule has 1 heterocycles. The summed E-state index contributed by atoms with van der Waals surface area (Å²) in [6.45, 7) is 1.18. The topological polar surface area (TPSA) is 66.9 Å². The van der Waals surface area contributed by atoms with Crippen LogP contribution in [-0.4, -0.2) is 50.8 Å². The van der Waals surface area contributed by atoms with Crippen molar-refractivity contribution in [1.82, 2.24) is 9.21 Å². The molecule has 1 aliphatic heterocycles. The maximum Gasteiger partial charge on any atom is 0.257 e. The number of hydrogen-bond donors (Lipinski definition) is 0. The van der Waals surface area contributed by atoms with Gasteiger partial charge in [-0.05, 0) is 43.5 Å². The molecule has 29 heavy (non-hydrogen) atoms. The Morgan fingerprint density at radius 1 is 1.14 bits per heavy atom. The summed E-state index contributed by atoms with van der Waals surface area (Å²) < 4.78 is 46.4. The summed E-state index contributed by atoms with van der Waals surface area (Å²) in [4.78, 5) is 14.6. The van der Waals surface area contributed by atoms with Gasteiger partial charge in [-0.25, -0.2) is 12.8 Å². The van der Waals surface area contributed by atoms with E-state index in [9.17, 15) is 17.6 Å². The van der Waals surface area contributed by atoms with Gasteiger partial charge in [0.25, 0.3) is 5.91 Å². The molecule has 8 heteroatoms. The molecular weight excluding hydrogens is 395 g/mol. The van der Waals surface area contributed by atoms with Crippen LogP contribution in [-0.2, 0) is 16.6 Å². The molecule has 6 nitrogen and oxygen atoms in total. The second kappa shape index (κ2) is 8.92. The van der Waals surface area contributed by atoms with Crippen molar-refractivity contribution in [2.24, 2.45) is 0 Å². The van der Waals surface area contributed by atoms with Gasteiger partial charge in [0.05, 0.1) is 17.6 Å². The summed E-state index contributed by atoms with van der Waals surface area (Å²) in [7, 11) is -1.09. The molecule has 1 saturated heterocycles. The van der Waals surface area contributed by atoms with Crippen molar-refractivity contribution >= 4 is 15.9 Å². The van der Waals surface area contributed by atoms with E-state index in [1.165, 1.54) is 38.4 Å². The molecule has 0 N–H and O–H groups in total. The minimum Gasteiger partial charge on any atom is -0.496 e. The molecular formula is C21H25FN2O4S. The minimum atomic E-state index is -3.93. The van der Waals surface area contributed by atoms with E-state index >= 15 is 0 Å². The SMILES string of the molecule is COc1ccc(S(=O)(=O)N(C)Cc2ccccc2F)cc1C(=O)N1CCCCC1. The Balaban J connectivity index is 1.90. The molecule has 1 amide bonds. The molecule has 0 atom stereocenters. The first-order chi connectivity index (χ1) is 13.8. The highest BCUT2D eigenvalue weighted by Gasteiger charge is 2.27. The van der Waals surface area contributed by atoms with Crippen LogP contribution in [0.1, 0.15) is 35.2 Å². The Morgan fingerprint density at radius 3 is 2.48 bits per heavy atom. The zero-order chi connectivity index (χ0) is 21.0. The number of hydrogen-bond acceptors (Lipinski definition) is 4. The Labute approximate surface area is 170 Å². The van der Waals surface area contributed by atoms with Gasteiger partial charge in [0.15, 0.2) is 0 Å². The number of sulfonamides is 1. The summed E-state index contributed by atoms with van der Waals surface area (Å²) in [5.74, 6) is -0.378. The summed E-state index contributed by atoms with van der Waals surface area (Å²) >= 11 is 0. The number of halogens is 1. The lowest BCUT2D eigenvalue weighted by atomic mass is 10.1. The molecule has 156 valence electrons. The van der Waals surface area contributed by atoms with E-state index in [1.807, 2.05) is 0 Å². The predicted molar refractivity (Wildman–Crippen MR) is 108 cm³/mol. The average Bonchev–Trinajstić information content (AvgIpc) is 2.74. The van der Waals surface area contributed by atoms with Crippen LogP contribution in [0.3, 0.4) is 0 Å². The lowest BCUT2D eigenvalue weighted by molar-refractivity contribution is 0.0720. The van der Waals surface area contributed by atoms with Crippen LogP contribution in [0.15, 0.2) is 47.4 Å². The molecule has 0 unspecified atom stereocenters. The highest BCUT2D eigenvalue weighted by atomic mass is 32.2. The number of amides is 1. The molecule has 1 fully saturated rings. The van der Waals surface area contributed by atoms with Gasteiger partial charge in [-0.15, -0.1) is 0 Å². The van der Waals surface area contributed by atoms with Crippen LogP contribution < -0.4 is 4.74 Å². The first-order valence-electron chi connectivity index (χ1n) is 9.51. The van der Waals surface area contributed by atoms with Gasteiger partial charge in [-0.3, -0.25) is 4.79 Å². The Kier molecular flexibility index (Phi) is 6.54. The Morgan fingerprint density at radius 2 is 1.83 bits per heavy atom. The van der Waals surface area contributed by atoms with E-state index in [2.05, 4.69) is 0 Å². The van der Waals surface area contributed by atoms with E-state index in [0.29, 0.717) is 18.8 Å². The average molecular weight is 421 g/mol. The molecule has 1 aliphatic rings. The number of benzene rings is 2. The maximum atomic E-state index is 13.9. The molecule has 0 aliphatic carbocycles. The van der Waals surface area contributed by atoms with E-state index in [1.54, 1.807) is 23.1 Å². The normalized spacial score (nSPS) is 14.8. The maximum absolute atomic E-state index is 13.9. The molecule has 0 aromatic heterocycles. The van der Waals surface area contributed by atoms with Crippen molar-refractivity contribution in [2.75, 3.05) is 27.2 Å². The smallest absolute Gasteiger partial charge is 0.257 e. The van der Waals surface area contributed by atoms with Gasteiger partial charge in [0.2, 0.25) is 10.0 Å². The lowest BCUT2D eigenvalue weighted by Gasteiger charge is -2.27. The third-order valence-corrected chi connectivity index (χ3v) is 6.90. The third kappa shape index (κ3) is 4.59. The van der Waals surface area contributed by atoms with E-state index < -0.39 is 15.8 Å². The van der Waals surface area contributed by atoms with Crippen LogP contribution in [0.5, 0.6) is 5.75 Å². The van der Waals surface area contributed by atoms with Gasteiger partial charge in [-0.2, -0.15) is 4.31 Å². The highest BCUT2D eigenvalue weighted by molar-refractivity contribution is 7.89. The molecule has 0 bridgehead atoms. The number of likely N-dealkylation sites (tertiary alicyclic amines) is 1. The van der Waals surface area contributed by atoms with Gasteiger partial charge in [0, 0.05) is 32.2 Å². The van der Waals surface area contributed by atoms with Crippen LogP contribution in [0.2, 0.25) is 0 Å². The fraction of sp³-hybridized carbons (Fsp3) is 0.381. The quantitative estimate of drug-likeness (QED) is 0.719. The van der Waals surface area contributed by atoms with E-state index in [4.69, 9.17) is 4.74 Å². The van der Waals surface area contributed by atoms with E-state index in [-0.39, 0.29) is 28.5 Å². The fourth-order valence-electron chi connectivity index (χ4n) is 3.41. The number of nitrogens with zero attached hydrogens (tertiary/aromatic N) is 2. The number of piperidine rings is 1. The zero-order valence-electron chi connectivity index (χ0n) is 16.6. The first kappa shape index (κ1) is 21.3. The summed E-state index contributed by atoms with van der Waals surface area (Å²) in [6.07, 6.45) is 2.94. The highest BCUT2D eigenvalue weighted by Crippen LogP contribution is 2.27. The molecule has 0 radical (unpaired) electrons. The molecule has 0 spiro atoms. The Hall–Kier alpha value is -2.45. The van der Waals surface area contributed by atoms with Crippen LogP contribution >= 0.6 is 0 Å². The van der Waals surface area contributed by atoms with Gasteiger partial charge < -0.3 is 9.64 Å². The van der Waals surface area contributed by atoms with Crippen molar-refractivity contribution in [2.45, 2.75) is 30.7 Å². The van der Waals surface area contributed by atoms with Crippen LogP contribution in [0.25, 0.3) is 0 Å². The molecule has 3 rings (SSSR count). The number of carbonyl (C=O) groups is 1. The number of rotatable bonds is 6. The number of methoxy groups -OCH3 is 1. The summed E-state index contributed by atoms with van der Waals surface area (Å²) in [5.41, 5.74) is 0.492. The van der Waals surface area contributed by atoms with Crippen LogP contribution in [0.4, 0.5) is 4.39 Å². The molecule has 2 aromatic rings.